The maximum absolute atomic E-state index is 13.0. The van der Waals surface area contributed by atoms with Crippen LogP contribution in [-0.4, -0.2) is 38.4 Å². The lowest BCUT2D eigenvalue weighted by molar-refractivity contribution is 0.0941. The highest BCUT2D eigenvalue weighted by atomic mass is 16.2. The van der Waals surface area contributed by atoms with E-state index in [9.17, 15) is 9.59 Å². The van der Waals surface area contributed by atoms with E-state index < -0.39 is 0 Å². The van der Waals surface area contributed by atoms with Gasteiger partial charge in [0, 0.05) is 49.2 Å². The Morgan fingerprint density at radius 1 is 1.27 bits per heavy atom. The molecule has 0 saturated carbocycles. The van der Waals surface area contributed by atoms with Crippen LogP contribution in [0.4, 0.5) is 5.82 Å². The molecule has 3 heterocycles. The van der Waals surface area contributed by atoms with Crippen molar-refractivity contribution < 1.29 is 4.79 Å². The third kappa shape index (κ3) is 4.74. The summed E-state index contributed by atoms with van der Waals surface area (Å²) in [5, 5.41) is 13.0. The van der Waals surface area contributed by atoms with Crippen LogP contribution in [0.5, 0.6) is 0 Å². The number of aromatic amines is 2. The van der Waals surface area contributed by atoms with E-state index in [1.165, 1.54) is 6.07 Å². The molecular formula is C21H27N7O2. The maximum atomic E-state index is 13.0. The average Bonchev–Trinajstić information content (AvgIpc) is 3.29. The zero-order chi connectivity index (χ0) is 21.7. The van der Waals surface area contributed by atoms with Crippen LogP contribution in [0.1, 0.15) is 39.9 Å². The molecule has 0 bridgehead atoms. The van der Waals surface area contributed by atoms with E-state index in [4.69, 9.17) is 4.99 Å². The van der Waals surface area contributed by atoms with Gasteiger partial charge in [0.1, 0.15) is 11.5 Å². The van der Waals surface area contributed by atoms with E-state index in [0.717, 1.165) is 28.4 Å². The molecule has 0 aliphatic rings. The molecular weight excluding hydrogens is 382 g/mol. The minimum atomic E-state index is -0.220. The molecule has 0 saturated heterocycles. The Hall–Kier alpha value is -3.46. The number of carbonyl (C=O) groups excluding carboxylic acids is 1. The Bertz CT molecular complexity index is 1110. The molecule has 4 N–H and O–H groups in total. The molecule has 0 aromatic carbocycles. The van der Waals surface area contributed by atoms with Crippen LogP contribution in [0, 0.1) is 6.92 Å². The van der Waals surface area contributed by atoms with Crippen LogP contribution in [0.25, 0.3) is 0 Å². The third-order valence-corrected chi connectivity index (χ3v) is 4.86. The predicted molar refractivity (Wildman–Crippen MR) is 116 cm³/mol. The molecule has 0 spiro atoms. The van der Waals surface area contributed by atoms with Crippen LogP contribution < -0.4 is 16.2 Å². The topological polar surface area (TPSA) is 120 Å². The van der Waals surface area contributed by atoms with Crippen molar-refractivity contribution in [2.45, 2.75) is 33.4 Å². The second kappa shape index (κ2) is 9.36. The normalized spacial score (nSPS) is 11.7. The first-order chi connectivity index (χ1) is 14.4. The van der Waals surface area contributed by atoms with Gasteiger partial charge in [-0.3, -0.25) is 14.7 Å². The number of pyridine rings is 1. The molecule has 1 amide bonds. The molecule has 9 heteroatoms. The Morgan fingerprint density at radius 3 is 2.73 bits per heavy atom. The minimum Gasteiger partial charge on any atom is -0.345 e. The van der Waals surface area contributed by atoms with Gasteiger partial charge in [0.25, 0.3) is 5.91 Å². The van der Waals surface area contributed by atoms with Crippen molar-refractivity contribution in [3.05, 3.63) is 69.0 Å². The first kappa shape index (κ1) is 21.3. The third-order valence-electron chi connectivity index (χ3n) is 4.86. The summed E-state index contributed by atoms with van der Waals surface area (Å²) in [5.74, 6) is 0.522. The van der Waals surface area contributed by atoms with Crippen molar-refractivity contribution >= 4 is 17.4 Å². The van der Waals surface area contributed by atoms with Gasteiger partial charge in [0.2, 0.25) is 5.56 Å². The number of nitrogens with zero attached hydrogens (tertiary/aromatic N) is 3. The number of amides is 1. The summed E-state index contributed by atoms with van der Waals surface area (Å²) in [7, 11) is 3.68. The molecule has 9 nitrogen and oxygen atoms in total. The smallest absolute Gasteiger partial charge is 0.268 e. The molecule has 0 fully saturated rings. The summed E-state index contributed by atoms with van der Waals surface area (Å²) in [6.45, 7) is 4.69. The summed E-state index contributed by atoms with van der Waals surface area (Å²) >= 11 is 0. The van der Waals surface area contributed by atoms with E-state index in [1.807, 2.05) is 38.6 Å². The van der Waals surface area contributed by atoms with Crippen molar-refractivity contribution in [2.75, 3.05) is 7.05 Å². The highest BCUT2D eigenvalue weighted by molar-refractivity contribution is 5.96. The quantitative estimate of drug-likeness (QED) is 0.424. The van der Waals surface area contributed by atoms with Gasteiger partial charge in [0.15, 0.2) is 0 Å². The van der Waals surface area contributed by atoms with E-state index in [1.54, 1.807) is 18.3 Å². The van der Waals surface area contributed by atoms with Gasteiger partial charge >= 0.3 is 0 Å². The molecule has 0 aliphatic carbocycles. The summed E-state index contributed by atoms with van der Waals surface area (Å²) < 4.78 is 1.82. The van der Waals surface area contributed by atoms with E-state index >= 15 is 0 Å². The van der Waals surface area contributed by atoms with Crippen molar-refractivity contribution in [3.63, 3.8) is 0 Å². The highest BCUT2D eigenvalue weighted by Crippen LogP contribution is 2.29. The van der Waals surface area contributed by atoms with Crippen LogP contribution in [-0.2, 0) is 26.6 Å². The van der Waals surface area contributed by atoms with Crippen LogP contribution in [0.15, 0.2) is 40.2 Å². The minimum absolute atomic E-state index is 0.198. The van der Waals surface area contributed by atoms with Crippen molar-refractivity contribution in [3.8, 4) is 0 Å². The van der Waals surface area contributed by atoms with Gasteiger partial charge in [-0.15, -0.1) is 0 Å². The second-order valence-corrected chi connectivity index (χ2v) is 7.18. The van der Waals surface area contributed by atoms with Crippen LogP contribution in [0.2, 0.25) is 0 Å². The zero-order valence-electron chi connectivity index (χ0n) is 17.7. The van der Waals surface area contributed by atoms with Gasteiger partial charge in [-0.05, 0) is 38.6 Å². The molecule has 3 aromatic heterocycles. The number of aliphatic imine (C=N–C) groups is 1. The van der Waals surface area contributed by atoms with E-state index in [0.29, 0.717) is 24.4 Å². The van der Waals surface area contributed by atoms with Gasteiger partial charge in [-0.25, -0.2) is 4.99 Å². The average molecular weight is 409 g/mol. The summed E-state index contributed by atoms with van der Waals surface area (Å²) in [6.07, 6.45) is 2.40. The van der Waals surface area contributed by atoms with E-state index in [2.05, 4.69) is 25.8 Å². The van der Waals surface area contributed by atoms with Crippen molar-refractivity contribution in [1.82, 2.24) is 30.4 Å². The highest BCUT2D eigenvalue weighted by Gasteiger charge is 2.23. The molecule has 30 heavy (non-hydrogen) atoms. The number of aromatic nitrogens is 4. The Balaban J connectivity index is 1.88. The monoisotopic (exact) mass is 409 g/mol. The largest absolute Gasteiger partial charge is 0.345 e. The fourth-order valence-electron chi connectivity index (χ4n) is 3.44. The Kier molecular flexibility index (Phi) is 6.63. The fourth-order valence-corrected chi connectivity index (χ4v) is 3.44. The second-order valence-electron chi connectivity index (χ2n) is 7.18. The molecule has 0 aliphatic heterocycles. The number of nitrogens with one attached hydrogen (secondary N) is 4. The lowest BCUT2D eigenvalue weighted by Gasteiger charge is -2.09. The molecule has 0 unspecified atom stereocenters. The Morgan fingerprint density at radius 2 is 2.07 bits per heavy atom. The van der Waals surface area contributed by atoms with Crippen molar-refractivity contribution in [1.29, 1.82) is 0 Å². The van der Waals surface area contributed by atoms with Gasteiger partial charge in [-0.1, -0.05) is 6.07 Å². The Labute approximate surface area is 174 Å². The lowest BCUT2D eigenvalue weighted by atomic mass is 10.1. The predicted octanol–water partition coefficient (Wildman–Crippen LogP) is 1.73. The zero-order valence-corrected chi connectivity index (χ0v) is 17.7. The number of hydrogen-bond acceptors (Lipinski definition) is 5. The standard InChI is InChI=1S/C21H27N7O2/c1-13(10-15-8-9-24-27-15)25-20-14(2)17(12-22-3)19(28(20)4)21(30)23-11-16-6-5-7-18(29)26-16/h5-9,22H,10-12H2,1-4H3,(H,23,30)(H,24,27)(H,26,29)/b25-13+. The van der Waals surface area contributed by atoms with Crippen molar-refractivity contribution in [2.24, 2.45) is 12.0 Å². The van der Waals surface area contributed by atoms with Crippen LogP contribution in [0.3, 0.4) is 0 Å². The first-order valence-electron chi connectivity index (χ1n) is 9.72. The van der Waals surface area contributed by atoms with Gasteiger partial charge in [0.05, 0.1) is 12.2 Å². The molecule has 3 rings (SSSR count). The fraction of sp³-hybridized carbons (Fsp3) is 0.333. The van der Waals surface area contributed by atoms with E-state index in [-0.39, 0.29) is 18.0 Å². The summed E-state index contributed by atoms with van der Waals surface area (Å²) in [4.78, 5) is 32.0. The summed E-state index contributed by atoms with van der Waals surface area (Å²) in [5.41, 5.74) is 4.65. The molecule has 0 atom stereocenters. The van der Waals surface area contributed by atoms with Gasteiger partial charge < -0.3 is 20.2 Å². The maximum Gasteiger partial charge on any atom is 0.268 e. The molecule has 3 aromatic rings. The lowest BCUT2D eigenvalue weighted by Crippen LogP contribution is -2.27. The SMILES string of the molecule is CNCc1c(C)c(/N=C(\C)Cc2cc[nH]n2)n(C)c1C(=O)NCc1cccc(=O)[nH]1. The number of hydrogen-bond donors (Lipinski definition) is 4. The van der Waals surface area contributed by atoms with Crippen LogP contribution >= 0.6 is 0 Å². The van der Waals surface area contributed by atoms with Gasteiger partial charge in [-0.2, -0.15) is 5.10 Å². The first-order valence-corrected chi connectivity index (χ1v) is 9.72. The molecule has 0 radical (unpaired) electrons. The number of carbonyl (C=O) groups is 1. The number of H-pyrrole nitrogens is 2. The number of rotatable bonds is 8. The summed E-state index contributed by atoms with van der Waals surface area (Å²) in [6, 6.07) is 6.78. The molecule has 158 valence electrons.